The maximum absolute atomic E-state index is 5.08. The summed E-state index contributed by atoms with van der Waals surface area (Å²) in [5, 5.41) is 13.2. The first-order valence-corrected chi connectivity index (χ1v) is 8.01. The van der Waals surface area contributed by atoms with Gasteiger partial charge in [-0.2, -0.15) is 5.10 Å². The predicted octanol–water partition coefficient (Wildman–Crippen LogP) is 2.79. The number of methoxy groups -OCH3 is 1. The summed E-state index contributed by atoms with van der Waals surface area (Å²) in [5.74, 6) is 0.581. The molecule has 0 aliphatic heterocycles. The molecule has 1 unspecified atom stereocenters. The molecule has 0 aliphatic carbocycles. The lowest BCUT2D eigenvalue weighted by molar-refractivity contribution is 0.398. The van der Waals surface area contributed by atoms with Crippen molar-refractivity contribution in [3.05, 3.63) is 41.5 Å². The van der Waals surface area contributed by atoms with Crippen molar-refractivity contribution in [1.82, 2.24) is 29.8 Å². The van der Waals surface area contributed by atoms with E-state index in [0.29, 0.717) is 5.88 Å². The van der Waals surface area contributed by atoms with Gasteiger partial charge in [0.1, 0.15) is 5.69 Å². The topological polar surface area (TPSA) is 70.7 Å². The third-order valence-corrected chi connectivity index (χ3v) is 4.30. The second-order valence-electron chi connectivity index (χ2n) is 5.75. The molecule has 0 radical (unpaired) electrons. The molecule has 0 fully saturated rings. The Morgan fingerprint density at radius 2 is 2.04 bits per heavy atom. The van der Waals surface area contributed by atoms with Gasteiger partial charge < -0.3 is 4.74 Å². The second-order valence-corrected chi connectivity index (χ2v) is 5.75. The Kier molecular flexibility index (Phi) is 4.33. The molecule has 3 rings (SSSR count). The van der Waals surface area contributed by atoms with E-state index < -0.39 is 0 Å². The molecule has 0 amide bonds. The van der Waals surface area contributed by atoms with Crippen LogP contribution in [0, 0.1) is 13.8 Å². The van der Waals surface area contributed by atoms with Crippen molar-refractivity contribution in [2.75, 3.05) is 7.11 Å². The molecule has 1 atom stereocenters. The minimum atomic E-state index is 0.0674. The van der Waals surface area contributed by atoms with Gasteiger partial charge in [-0.15, -0.1) is 5.10 Å². The summed E-state index contributed by atoms with van der Waals surface area (Å²) >= 11 is 0. The van der Waals surface area contributed by atoms with Crippen LogP contribution >= 0.6 is 0 Å². The lowest BCUT2D eigenvalue weighted by atomic mass is 10.1. The fourth-order valence-electron chi connectivity index (χ4n) is 3.01. The Morgan fingerprint density at radius 1 is 1.25 bits per heavy atom. The molecule has 7 nitrogen and oxygen atoms in total. The first kappa shape index (κ1) is 16.2. The molecule has 0 N–H and O–H groups in total. The molecule has 3 heterocycles. The fourth-order valence-corrected chi connectivity index (χ4v) is 3.01. The highest BCUT2D eigenvalue weighted by molar-refractivity contribution is 5.56. The number of pyridine rings is 1. The molecule has 0 bridgehead atoms. The van der Waals surface area contributed by atoms with Gasteiger partial charge in [-0.3, -0.25) is 4.68 Å². The average Bonchev–Trinajstić information content (AvgIpc) is 3.19. The normalized spacial score (nSPS) is 12.4. The summed E-state index contributed by atoms with van der Waals surface area (Å²) in [7, 11) is 1.60. The average molecular weight is 326 g/mol. The van der Waals surface area contributed by atoms with Crippen molar-refractivity contribution in [1.29, 1.82) is 0 Å². The Balaban J connectivity index is 1.91. The molecule has 3 aromatic heterocycles. The third-order valence-electron chi connectivity index (χ3n) is 4.30. The molecule has 0 saturated heterocycles. The van der Waals surface area contributed by atoms with E-state index in [4.69, 9.17) is 4.74 Å². The zero-order chi connectivity index (χ0) is 17.3. The summed E-state index contributed by atoms with van der Waals surface area (Å²) in [4.78, 5) is 4.22. The van der Waals surface area contributed by atoms with E-state index in [1.165, 1.54) is 11.3 Å². The van der Waals surface area contributed by atoms with Crippen LogP contribution in [0.2, 0.25) is 0 Å². The van der Waals surface area contributed by atoms with E-state index in [1.54, 1.807) is 13.3 Å². The van der Waals surface area contributed by atoms with Crippen LogP contribution in [0.3, 0.4) is 0 Å². The Morgan fingerprint density at radius 3 is 2.62 bits per heavy atom. The Bertz CT molecular complexity index is 833. The summed E-state index contributed by atoms with van der Waals surface area (Å²) in [6, 6.07) is 3.81. The van der Waals surface area contributed by atoms with Gasteiger partial charge in [-0.05, 0) is 33.8 Å². The quantitative estimate of drug-likeness (QED) is 0.721. The fraction of sp³-hybridized carbons (Fsp3) is 0.412. The maximum Gasteiger partial charge on any atom is 0.212 e. The molecular weight excluding hydrogens is 304 g/mol. The largest absolute Gasteiger partial charge is 0.481 e. The molecule has 0 aromatic carbocycles. The van der Waals surface area contributed by atoms with Crippen molar-refractivity contribution in [3.8, 4) is 17.1 Å². The number of aryl methyl sites for hydroxylation is 2. The summed E-state index contributed by atoms with van der Waals surface area (Å²) in [6.45, 7) is 9.20. The van der Waals surface area contributed by atoms with Crippen molar-refractivity contribution < 1.29 is 4.74 Å². The number of rotatable bonds is 5. The zero-order valence-electron chi connectivity index (χ0n) is 14.7. The van der Waals surface area contributed by atoms with Gasteiger partial charge in [0.2, 0.25) is 5.88 Å². The summed E-state index contributed by atoms with van der Waals surface area (Å²) in [6.07, 6.45) is 3.68. The van der Waals surface area contributed by atoms with E-state index in [-0.39, 0.29) is 6.04 Å². The molecule has 126 valence electrons. The molecule has 0 saturated carbocycles. The molecule has 0 aliphatic rings. The molecule has 7 heteroatoms. The summed E-state index contributed by atoms with van der Waals surface area (Å²) < 4.78 is 8.98. The molecule has 24 heavy (non-hydrogen) atoms. The SMILES string of the molecule is CCn1nc(C)c(C(C)n2cc(-c3ccc(OC)nc3)nn2)c1C. The number of hydrogen-bond donors (Lipinski definition) is 0. The highest BCUT2D eigenvalue weighted by Gasteiger charge is 2.20. The lowest BCUT2D eigenvalue weighted by Crippen LogP contribution is -2.10. The maximum atomic E-state index is 5.08. The van der Waals surface area contributed by atoms with Crippen LogP contribution in [-0.2, 0) is 6.54 Å². The molecule has 3 aromatic rings. The van der Waals surface area contributed by atoms with Crippen LogP contribution in [0.25, 0.3) is 11.3 Å². The number of ether oxygens (including phenoxy) is 1. The Hall–Kier alpha value is -2.70. The van der Waals surface area contributed by atoms with Gasteiger partial charge in [-0.25, -0.2) is 9.67 Å². The van der Waals surface area contributed by atoms with Gasteiger partial charge in [0.15, 0.2) is 0 Å². The highest BCUT2D eigenvalue weighted by Crippen LogP contribution is 2.26. The Labute approximate surface area is 141 Å². The van der Waals surface area contributed by atoms with Crippen molar-refractivity contribution >= 4 is 0 Å². The van der Waals surface area contributed by atoms with Crippen molar-refractivity contribution in [2.24, 2.45) is 0 Å². The van der Waals surface area contributed by atoms with E-state index in [9.17, 15) is 0 Å². The number of aromatic nitrogens is 6. The van der Waals surface area contributed by atoms with Crippen LogP contribution < -0.4 is 4.74 Å². The minimum absolute atomic E-state index is 0.0674. The van der Waals surface area contributed by atoms with Gasteiger partial charge in [0.05, 0.1) is 25.0 Å². The van der Waals surface area contributed by atoms with Crippen LogP contribution in [-0.4, -0.2) is 36.9 Å². The molecular formula is C17H22N6O. The van der Waals surface area contributed by atoms with Crippen molar-refractivity contribution in [2.45, 2.75) is 40.3 Å². The van der Waals surface area contributed by atoms with Gasteiger partial charge in [-0.1, -0.05) is 5.21 Å². The van der Waals surface area contributed by atoms with Gasteiger partial charge in [0, 0.05) is 35.6 Å². The predicted molar refractivity (Wildman–Crippen MR) is 91.0 cm³/mol. The van der Waals surface area contributed by atoms with E-state index in [0.717, 1.165) is 23.5 Å². The molecule has 0 spiro atoms. The van der Waals surface area contributed by atoms with E-state index >= 15 is 0 Å². The monoisotopic (exact) mass is 326 g/mol. The van der Waals surface area contributed by atoms with E-state index in [2.05, 4.69) is 41.2 Å². The van der Waals surface area contributed by atoms with Crippen LogP contribution in [0.5, 0.6) is 5.88 Å². The van der Waals surface area contributed by atoms with Crippen LogP contribution in [0.4, 0.5) is 0 Å². The van der Waals surface area contributed by atoms with E-state index in [1.807, 2.05) is 34.6 Å². The third kappa shape index (κ3) is 2.77. The number of hydrogen-bond acceptors (Lipinski definition) is 5. The van der Waals surface area contributed by atoms with Gasteiger partial charge in [0.25, 0.3) is 0 Å². The smallest absolute Gasteiger partial charge is 0.212 e. The number of nitrogens with zero attached hydrogens (tertiary/aromatic N) is 6. The first-order valence-electron chi connectivity index (χ1n) is 8.01. The standard InChI is InChI=1S/C17H22N6O/c1-6-22-12(3)17(11(2)20-22)13(4)23-10-15(19-21-23)14-7-8-16(24-5)18-9-14/h7-10,13H,6H2,1-5H3. The van der Waals surface area contributed by atoms with Gasteiger partial charge >= 0.3 is 0 Å². The lowest BCUT2D eigenvalue weighted by Gasteiger charge is -2.12. The van der Waals surface area contributed by atoms with Crippen molar-refractivity contribution in [3.63, 3.8) is 0 Å². The summed E-state index contributed by atoms with van der Waals surface area (Å²) in [5.41, 5.74) is 5.10. The zero-order valence-corrected chi connectivity index (χ0v) is 14.7. The minimum Gasteiger partial charge on any atom is -0.481 e. The second kappa shape index (κ2) is 6.43. The van der Waals surface area contributed by atoms with Crippen LogP contribution in [0.15, 0.2) is 24.5 Å². The highest BCUT2D eigenvalue weighted by atomic mass is 16.5. The van der Waals surface area contributed by atoms with Crippen LogP contribution in [0.1, 0.15) is 36.8 Å². The first-order chi connectivity index (χ1) is 11.5.